The Labute approximate surface area is 103 Å². The summed E-state index contributed by atoms with van der Waals surface area (Å²) in [6.45, 7) is 2.00. The molecule has 0 spiro atoms. The number of benzene rings is 2. The maximum Gasteiger partial charge on any atom is 0.151 e. The lowest BCUT2D eigenvalue weighted by atomic mass is 10.2. The Morgan fingerprint density at radius 3 is 2.44 bits per heavy atom. The van der Waals surface area contributed by atoms with Crippen molar-refractivity contribution >= 4 is 21.6 Å². The molecule has 2 nitrogen and oxygen atoms in total. The Morgan fingerprint density at radius 1 is 1.00 bits per heavy atom. The van der Waals surface area contributed by atoms with Crippen molar-refractivity contribution in [2.45, 2.75) is 6.92 Å². The van der Waals surface area contributed by atoms with Gasteiger partial charge in [-0.1, -0.05) is 24.3 Å². The Hall–Kier alpha value is -1.48. The third-order valence-corrected chi connectivity index (χ3v) is 3.02. The first-order valence-electron chi connectivity index (χ1n) is 4.96. The zero-order valence-corrected chi connectivity index (χ0v) is 10.5. The van der Waals surface area contributed by atoms with Gasteiger partial charge in [0, 0.05) is 4.47 Å². The normalized spacial score (nSPS) is 10.1. The fraction of sp³-hybridized carbons (Fsp3) is 0.0769. The van der Waals surface area contributed by atoms with Crippen molar-refractivity contribution in [2.75, 3.05) is 5.73 Å². The summed E-state index contributed by atoms with van der Waals surface area (Å²) >= 11 is 3.37. The second-order valence-corrected chi connectivity index (χ2v) is 4.37. The van der Waals surface area contributed by atoms with E-state index in [9.17, 15) is 0 Å². The molecule has 0 saturated carbocycles. The van der Waals surface area contributed by atoms with Gasteiger partial charge in [-0.25, -0.2) is 0 Å². The van der Waals surface area contributed by atoms with Crippen molar-refractivity contribution in [1.29, 1.82) is 0 Å². The summed E-state index contributed by atoms with van der Waals surface area (Å²) < 4.78 is 6.61. The Bertz CT molecular complexity index is 511. The Morgan fingerprint density at radius 2 is 1.69 bits per heavy atom. The zero-order valence-electron chi connectivity index (χ0n) is 8.91. The molecule has 0 unspecified atom stereocenters. The van der Waals surface area contributed by atoms with Gasteiger partial charge in [0.2, 0.25) is 0 Å². The molecule has 0 aliphatic rings. The van der Waals surface area contributed by atoms with Crippen LogP contribution in [0.15, 0.2) is 46.9 Å². The highest BCUT2D eigenvalue weighted by Gasteiger charge is 2.06. The van der Waals surface area contributed by atoms with Gasteiger partial charge in [-0.2, -0.15) is 0 Å². The molecule has 82 valence electrons. The van der Waals surface area contributed by atoms with E-state index in [-0.39, 0.29) is 0 Å². The molecule has 0 radical (unpaired) electrons. The lowest BCUT2D eigenvalue weighted by Gasteiger charge is -2.11. The maximum absolute atomic E-state index is 5.91. The minimum absolute atomic E-state index is 0.616. The summed E-state index contributed by atoms with van der Waals surface area (Å²) in [4.78, 5) is 0. The number of hydrogen-bond donors (Lipinski definition) is 1. The van der Waals surface area contributed by atoms with Gasteiger partial charge in [-0.15, -0.1) is 0 Å². The lowest BCUT2D eigenvalue weighted by Crippen LogP contribution is -1.93. The summed E-state index contributed by atoms with van der Waals surface area (Å²) in [5.74, 6) is 1.50. The average molecular weight is 278 g/mol. The number of nitrogen functional groups attached to an aromatic ring is 1. The van der Waals surface area contributed by atoms with Gasteiger partial charge in [-0.05, 0) is 46.6 Å². The van der Waals surface area contributed by atoms with E-state index < -0.39 is 0 Å². The summed E-state index contributed by atoms with van der Waals surface area (Å²) in [5, 5.41) is 0. The highest BCUT2D eigenvalue weighted by Crippen LogP contribution is 2.33. The van der Waals surface area contributed by atoms with Crippen LogP contribution in [-0.4, -0.2) is 0 Å². The van der Waals surface area contributed by atoms with Crippen molar-refractivity contribution in [3.63, 3.8) is 0 Å². The standard InChI is InChI=1S/C13H12BrNO/c1-9-5-2-3-7-11(9)16-12-8-4-6-10(14)13(12)15/h2-8H,15H2,1H3. The second-order valence-electron chi connectivity index (χ2n) is 3.52. The summed E-state index contributed by atoms with van der Waals surface area (Å²) in [6.07, 6.45) is 0. The Kier molecular flexibility index (Phi) is 3.15. The van der Waals surface area contributed by atoms with Gasteiger partial charge >= 0.3 is 0 Å². The van der Waals surface area contributed by atoms with E-state index in [1.807, 2.05) is 49.4 Å². The quantitative estimate of drug-likeness (QED) is 0.838. The third kappa shape index (κ3) is 2.19. The first-order valence-corrected chi connectivity index (χ1v) is 5.75. The van der Waals surface area contributed by atoms with Gasteiger partial charge in [0.05, 0.1) is 5.69 Å². The first kappa shape index (κ1) is 11.0. The van der Waals surface area contributed by atoms with Crippen LogP contribution in [0.25, 0.3) is 0 Å². The molecule has 3 heteroatoms. The highest BCUT2D eigenvalue weighted by molar-refractivity contribution is 9.10. The fourth-order valence-electron chi connectivity index (χ4n) is 1.40. The van der Waals surface area contributed by atoms with E-state index in [0.717, 1.165) is 15.8 Å². The first-order chi connectivity index (χ1) is 7.68. The van der Waals surface area contributed by atoms with Crippen LogP contribution in [0.1, 0.15) is 5.56 Å². The molecule has 0 aromatic heterocycles. The van der Waals surface area contributed by atoms with Gasteiger partial charge in [0.25, 0.3) is 0 Å². The monoisotopic (exact) mass is 277 g/mol. The van der Waals surface area contributed by atoms with Crippen molar-refractivity contribution in [1.82, 2.24) is 0 Å². The molecule has 2 aromatic rings. The van der Waals surface area contributed by atoms with Crippen LogP contribution in [0.2, 0.25) is 0 Å². The summed E-state index contributed by atoms with van der Waals surface area (Å²) in [6, 6.07) is 13.5. The number of ether oxygens (including phenoxy) is 1. The van der Waals surface area contributed by atoms with Crippen molar-refractivity contribution in [3.05, 3.63) is 52.5 Å². The Balaban J connectivity index is 2.35. The van der Waals surface area contributed by atoms with Gasteiger partial charge in [0.1, 0.15) is 5.75 Å². The van der Waals surface area contributed by atoms with Crippen LogP contribution in [0.4, 0.5) is 5.69 Å². The molecule has 2 rings (SSSR count). The molecular formula is C13H12BrNO. The molecule has 2 aromatic carbocycles. The van der Waals surface area contributed by atoms with E-state index in [1.54, 1.807) is 0 Å². The van der Waals surface area contributed by atoms with Crippen LogP contribution in [0.5, 0.6) is 11.5 Å². The third-order valence-electron chi connectivity index (χ3n) is 2.33. The van der Waals surface area contributed by atoms with E-state index in [4.69, 9.17) is 10.5 Å². The molecule has 0 amide bonds. The number of hydrogen-bond acceptors (Lipinski definition) is 2. The average Bonchev–Trinajstić information content (AvgIpc) is 2.28. The van der Waals surface area contributed by atoms with Crippen LogP contribution in [0.3, 0.4) is 0 Å². The van der Waals surface area contributed by atoms with E-state index >= 15 is 0 Å². The predicted octanol–water partition coefficient (Wildman–Crippen LogP) is 4.13. The van der Waals surface area contributed by atoms with Gasteiger partial charge in [0.15, 0.2) is 5.75 Å². The molecule has 0 aliphatic heterocycles. The molecule has 16 heavy (non-hydrogen) atoms. The SMILES string of the molecule is Cc1ccccc1Oc1cccc(Br)c1N. The van der Waals surface area contributed by atoms with Crippen LogP contribution < -0.4 is 10.5 Å². The number of aryl methyl sites for hydroxylation is 1. The van der Waals surface area contributed by atoms with Crippen molar-refractivity contribution < 1.29 is 4.74 Å². The van der Waals surface area contributed by atoms with Crippen LogP contribution in [0, 0.1) is 6.92 Å². The summed E-state index contributed by atoms with van der Waals surface area (Å²) in [5.41, 5.74) is 7.61. The van der Waals surface area contributed by atoms with E-state index in [2.05, 4.69) is 15.9 Å². The van der Waals surface area contributed by atoms with Crippen molar-refractivity contribution in [3.8, 4) is 11.5 Å². The topological polar surface area (TPSA) is 35.2 Å². The molecule has 0 aliphatic carbocycles. The lowest BCUT2D eigenvalue weighted by molar-refractivity contribution is 0.481. The minimum atomic E-state index is 0.616. The highest BCUT2D eigenvalue weighted by atomic mass is 79.9. The van der Waals surface area contributed by atoms with Gasteiger partial charge in [-0.3, -0.25) is 0 Å². The number of para-hydroxylation sites is 2. The van der Waals surface area contributed by atoms with E-state index in [1.165, 1.54) is 0 Å². The smallest absolute Gasteiger partial charge is 0.151 e. The predicted molar refractivity (Wildman–Crippen MR) is 69.8 cm³/mol. The fourth-order valence-corrected chi connectivity index (χ4v) is 1.74. The number of nitrogens with two attached hydrogens (primary N) is 1. The molecular weight excluding hydrogens is 266 g/mol. The second kappa shape index (κ2) is 4.58. The maximum atomic E-state index is 5.91. The molecule has 0 bridgehead atoms. The molecule has 0 atom stereocenters. The zero-order chi connectivity index (χ0) is 11.5. The van der Waals surface area contributed by atoms with E-state index in [0.29, 0.717) is 11.4 Å². The summed E-state index contributed by atoms with van der Waals surface area (Å²) in [7, 11) is 0. The molecule has 0 heterocycles. The number of rotatable bonds is 2. The van der Waals surface area contributed by atoms with Gasteiger partial charge < -0.3 is 10.5 Å². The number of anilines is 1. The van der Waals surface area contributed by atoms with Crippen LogP contribution in [-0.2, 0) is 0 Å². The van der Waals surface area contributed by atoms with Crippen molar-refractivity contribution in [2.24, 2.45) is 0 Å². The minimum Gasteiger partial charge on any atom is -0.455 e. The largest absolute Gasteiger partial charge is 0.455 e. The molecule has 2 N–H and O–H groups in total. The number of halogens is 1. The molecule has 0 saturated heterocycles. The molecule has 0 fully saturated rings. The van der Waals surface area contributed by atoms with Crippen LogP contribution >= 0.6 is 15.9 Å².